The zero-order valence-corrected chi connectivity index (χ0v) is 18.9. The van der Waals surface area contributed by atoms with Crippen molar-refractivity contribution in [2.24, 2.45) is 5.92 Å². The summed E-state index contributed by atoms with van der Waals surface area (Å²) in [4.78, 5) is 41.2. The number of benzene rings is 2. The molecule has 2 aliphatic heterocycles. The number of aryl methyl sites for hydroxylation is 1. The number of para-hydroxylation sites is 1. The van der Waals surface area contributed by atoms with E-state index in [1.165, 1.54) is 11.3 Å². The molecule has 9 heteroatoms. The fourth-order valence-corrected chi connectivity index (χ4v) is 5.08. The van der Waals surface area contributed by atoms with Gasteiger partial charge in [0.2, 0.25) is 22.9 Å². The molecule has 2 aromatic carbocycles. The van der Waals surface area contributed by atoms with Crippen LogP contribution in [0.25, 0.3) is 0 Å². The van der Waals surface area contributed by atoms with E-state index in [9.17, 15) is 14.4 Å². The maximum absolute atomic E-state index is 12.8. The van der Waals surface area contributed by atoms with Gasteiger partial charge in [-0.2, -0.15) is 0 Å². The van der Waals surface area contributed by atoms with E-state index >= 15 is 0 Å². The Hall–Kier alpha value is -3.59. The number of hydrogen-bond acceptors (Lipinski definition) is 6. The Morgan fingerprint density at radius 3 is 2.33 bits per heavy atom. The SMILES string of the molecule is Cc1ccc(N2CC(C(=O)Nc3nnc(C4CC(=O)N(c5ccccc5)C4)s3)CC2=O)cc1. The number of nitrogens with zero attached hydrogens (tertiary/aromatic N) is 4. The second-order valence-corrected chi connectivity index (χ2v) is 9.43. The van der Waals surface area contributed by atoms with Crippen molar-refractivity contribution in [3.05, 3.63) is 65.2 Å². The van der Waals surface area contributed by atoms with Crippen LogP contribution in [0.3, 0.4) is 0 Å². The normalized spacial score (nSPS) is 20.5. The Morgan fingerprint density at radius 1 is 0.909 bits per heavy atom. The van der Waals surface area contributed by atoms with E-state index in [2.05, 4.69) is 15.5 Å². The van der Waals surface area contributed by atoms with Gasteiger partial charge in [-0.05, 0) is 31.2 Å². The highest BCUT2D eigenvalue weighted by molar-refractivity contribution is 7.15. The van der Waals surface area contributed by atoms with Crippen LogP contribution in [0.5, 0.6) is 0 Å². The van der Waals surface area contributed by atoms with E-state index < -0.39 is 5.92 Å². The van der Waals surface area contributed by atoms with Gasteiger partial charge in [-0.3, -0.25) is 14.4 Å². The molecule has 2 aliphatic rings. The number of aromatic nitrogens is 2. The molecule has 2 atom stereocenters. The topological polar surface area (TPSA) is 95.5 Å². The summed E-state index contributed by atoms with van der Waals surface area (Å²) in [5, 5.41) is 12.3. The van der Waals surface area contributed by atoms with Crippen LogP contribution in [0.2, 0.25) is 0 Å². The van der Waals surface area contributed by atoms with Crippen molar-refractivity contribution >= 4 is 45.6 Å². The summed E-state index contributed by atoms with van der Waals surface area (Å²) in [5.41, 5.74) is 2.78. The van der Waals surface area contributed by atoms with Crippen LogP contribution in [-0.2, 0) is 14.4 Å². The van der Waals surface area contributed by atoms with E-state index in [4.69, 9.17) is 0 Å². The number of hydrogen-bond donors (Lipinski definition) is 1. The van der Waals surface area contributed by atoms with Gasteiger partial charge in [0.25, 0.3) is 0 Å². The smallest absolute Gasteiger partial charge is 0.231 e. The lowest BCUT2D eigenvalue weighted by molar-refractivity contribution is -0.122. The third-order valence-electron chi connectivity index (χ3n) is 6.05. The van der Waals surface area contributed by atoms with Gasteiger partial charge >= 0.3 is 0 Å². The molecular formula is C24H23N5O3S. The van der Waals surface area contributed by atoms with E-state index in [0.29, 0.717) is 24.6 Å². The highest BCUT2D eigenvalue weighted by Crippen LogP contribution is 2.34. The van der Waals surface area contributed by atoms with Crippen molar-refractivity contribution in [1.29, 1.82) is 0 Å². The van der Waals surface area contributed by atoms with Gasteiger partial charge in [0.05, 0.1) is 5.92 Å². The van der Waals surface area contributed by atoms with Gasteiger partial charge in [0.1, 0.15) is 5.01 Å². The Balaban J connectivity index is 1.21. The van der Waals surface area contributed by atoms with Crippen molar-refractivity contribution in [2.75, 3.05) is 28.2 Å². The maximum Gasteiger partial charge on any atom is 0.231 e. The fraction of sp³-hybridized carbons (Fsp3) is 0.292. The molecule has 0 radical (unpaired) electrons. The third kappa shape index (κ3) is 4.36. The van der Waals surface area contributed by atoms with Gasteiger partial charge in [0.15, 0.2) is 0 Å². The first-order valence-corrected chi connectivity index (χ1v) is 11.7. The second kappa shape index (κ2) is 8.74. The number of nitrogens with one attached hydrogen (secondary N) is 1. The molecule has 3 aromatic rings. The van der Waals surface area contributed by atoms with Gasteiger partial charge in [0, 0.05) is 43.2 Å². The standard InChI is InChI=1S/C24H23N5O3S/c1-15-7-9-19(10-8-15)28-13-16(11-20(28)30)22(32)25-24-27-26-23(33-24)17-12-21(31)29(14-17)18-5-3-2-4-6-18/h2-10,16-17H,11-14H2,1H3,(H,25,27,32). The van der Waals surface area contributed by atoms with Crippen LogP contribution in [0.15, 0.2) is 54.6 Å². The zero-order valence-electron chi connectivity index (χ0n) is 18.1. The first kappa shape index (κ1) is 21.3. The van der Waals surface area contributed by atoms with Crippen LogP contribution in [0.4, 0.5) is 16.5 Å². The Kier molecular flexibility index (Phi) is 5.63. The summed E-state index contributed by atoms with van der Waals surface area (Å²) in [6.45, 7) is 2.86. The van der Waals surface area contributed by atoms with E-state index in [0.717, 1.165) is 21.9 Å². The summed E-state index contributed by atoms with van der Waals surface area (Å²) >= 11 is 1.28. The minimum atomic E-state index is -0.451. The minimum absolute atomic E-state index is 0.0488. The molecule has 3 heterocycles. The second-order valence-electron chi connectivity index (χ2n) is 8.42. The predicted molar refractivity (Wildman–Crippen MR) is 126 cm³/mol. The molecule has 8 nitrogen and oxygen atoms in total. The largest absolute Gasteiger partial charge is 0.312 e. The third-order valence-corrected chi connectivity index (χ3v) is 7.06. The fourth-order valence-electron chi connectivity index (χ4n) is 4.25. The summed E-state index contributed by atoms with van der Waals surface area (Å²) < 4.78 is 0. The molecule has 3 amide bonds. The molecule has 2 saturated heterocycles. The number of carbonyl (C=O) groups excluding carboxylic acids is 3. The lowest BCUT2D eigenvalue weighted by Gasteiger charge is -2.16. The van der Waals surface area contributed by atoms with Crippen molar-refractivity contribution in [2.45, 2.75) is 25.7 Å². The number of anilines is 3. The molecule has 33 heavy (non-hydrogen) atoms. The molecule has 0 aliphatic carbocycles. The zero-order chi connectivity index (χ0) is 22.9. The predicted octanol–water partition coefficient (Wildman–Crippen LogP) is 3.36. The first-order chi connectivity index (χ1) is 16.0. The average molecular weight is 462 g/mol. The van der Waals surface area contributed by atoms with Crippen molar-refractivity contribution in [1.82, 2.24) is 10.2 Å². The average Bonchev–Trinajstić information content (AvgIpc) is 3.53. The molecule has 5 rings (SSSR count). The number of rotatable bonds is 5. The molecule has 1 aromatic heterocycles. The van der Waals surface area contributed by atoms with Crippen LogP contribution in [0, 0.1) is 12.8 Å². The molecule has 1 N–H and O–H groups in total. The lowest BCUT2D eigenvalue weighted by atomic mass is 10.1. The van der Waals surface area contributed by atoms with Crippen molar-refractivity contribution in [3.8, 4) is 0 Å². The molecule has 168 valence electrons. The van der Waals surface area contributed by atoms with Crippen LogP contribution in [-0.4, -0.2) is 41.0 Å². The van der Waals surface area contributed by atoms with Crippen molar-refractivity contribution < 1.29 is 14.4 Å². The van der Waals surface area contributed by atoms with Gasteiger partial charge in [-0.15, -0.1) is 10.2 Å². The Bertz CT molecular complexity index is 1190. The minimum Gasteiger partial charge on any atom is -0.312 e. The highest BCUT2D eigenvalue weighted by Gasteiger charge is 2.36. The lowest BCUT2D eigenvalue weighted by Crippen LogP contribution is -2.28. The van der Waals surface area contributed by atoms with Crippen LogP contribution >= 0.6 is 11.3 Å². The molecule has 0 saturated carbocycles. The van der Waals surface area contributed by atoms with E-state index in [-0.39, 0.29) is 30.1 Å². The van der Waals surface area contributed by atoms with Crippen LogP contribution < -0.4 is 15.1 Å². The quantitative estimate of drug-likeness (QED) is 0.629. The van der Waals surface area contributed by atoms with Crippen molar-refractivity contribution in [3.63, 3.8) is 0 Å². The Labute approximate surface area is 195 Å². The van der Waals surface area contributed by atoms with E-state index in [1.54, 1.807) is 9.80 Å². The summed E-state index contributed by atoms with van der Waals surface area (Å²) in [5.74, 6) is -0.775. The summed E-state index contributed by atoms with van der Waals surface area (Å²) in [6, 6.07) is 17.2. The van der Waals surface area contributed by atoms with E-state index in [1.807, 2.05) is 61.5 Å². The molecular weight excluding hydrogens is 438 g/mol. The van der Waals surface area contributed by atoms with Gasteiger partial charge in [-0.1, -0.05) is 47.2 Å². The molecule has 2 fully saturated rings. The van der Waals surface area contributed by atoms with Crippen LogP contribution in [0.1, 0.15) is 29.3 Å². The maximum atomic E-state index is 12.8. The molecule has 0 bridgehead atoms. The Morgan fingerprint density at radius 2 is 1.58 bits per heavy atom. The molecule has 2 unspecified atom stereocenters. The summed E-state index contributed by atoms with van der Waals surface area (Å²) in [6.07, 6.45) is 0.522. The van der Waals surface area contributed by atoms with Gasteiger partial charge < -0.3 is 15.1 Å². The molecule has 0 spiro atoms. The summed E-state index contributed by atoms with van der Waals surface area (Å²) in [7, 11) is 0. The monoisotopic (exact) mass is 461 g/mol. The number of carbonyl (C=O) groups is 3. The number of amides is 3. The van der Waals surface area contributed by atoms with Gasteiger partial charge in [-0.25, -0.2) is 0 Å². The first-order valence-electron chi connectivity index (χ1n) is 10.8. The highest BCUT2D eigenvalue weighted by atomic mass is 32.1.